The molecule has 0 aliphatic carbocycles. The standard InChI is InChI=1S/C18H19N3O2/c1-21-12-13(10-20-21)8-18(23)19-11-17(22)16-7-6-14-4-2-3-5-15(14)9-16/h2-7,9-10,12,17,22H,8,11H2,1H3,(H,19,23). The zero-order chi connectivity index (χ0) is 16.2. The number of aromatic nitrogens is 2. The molecule has 0 spiro atoms. The van der Waals surface area contributed by atoms with Crippen LogP contribution in [0.5, 0.6) is 0 Å². The molecular formula is C18H19N3O2. The highest BCUT2D eigenvalue weighted by molar-refractivity contribution is 5.83. The van der Waals surface area contributed by atoms with Crippen molar-refractivity contribution >= 4 is 16.7 Å². The fraction of sp³-hybridized carbons (Fsp3) is 0.222. The van der Waals surface area contributed by atoms with E-state index >= 15 is 0 Å². The fourth-order valence-corrected chi connectivity index (χ4v) is 2.55. The van der Waals surface area contributed by atoms with E-state index in [-0.39, 0.29) is 18.9 Å². The minimum Gasteiger partial charge on any atom is -0.387 e. The van der Waals surface area contributed by atoms with E-state index in [4.69, 9.17) is 0 Å². The van der Waals surface area contributed by atoms with Gasteiger partial charge in [-0.25, -0.2) is 0 Å². The summed E-state index contributed by atoms with van der Waals surface area (Å²) in [4.78, 5) is 11.9. The molecule has 1 unspecified atom stereocenters. The lowest BCUT2D eigenvalue weighted by molar-refractivity contribution is -0.120. The second-order valence-electron chi connectivity index (χ2n) is 5.63. The molecule has 0 saturated carbocycles. The molecule has 0 radical (unpaired) electrons. The van der Waals surface area contributed by atoms with Crippen molar-refractivity contribution in [2.45, 2.75) is 12.5 Å². The van der Waals surface area contributed by atoms with Crippen molar-refractivity contribution in [1.82, 2.24) is 15.1 Å². The summed E-state index contributed by atoms with van der Waals surface area (Å²) in [6, 6.07) is 13.8. The Morgan fingerprint density at radius 1 is 1.26 bits per heavy atom. The van der Waals surface area contributed by atoms with Gasteiger partial charge in [0, 0.05) is 19.8 Å². The van der Waals surface area contributed by atoms with Gasteiger partial charge in [0.1, 0.15) is 0 Å². The van der Waals surface area contributed by atoms with Crippen molar-refractivity contribution in [3.05, 3.63) is 66.0 Å². The van der Waals surface area contributed by atoms with Crippen LogP contribution in [0.2, 0.25) is 0 Å². The van der Waals surface area contributed by atoms with E-state index in [1.165, 1.54) is 0 Å². The molecule has 2 N–H and O–H groups in total. The summed E-state index contributed by atoms with van der Waals surface area (Å²) < 4.78 is 1.66. The second kappa shape index (κ2) is 6.62. The van der Waals surface area contributed by atoms with Crippen LogP contribution >= 0.6 is 0 Å². The van der Waals surface area contributed by atoms with Crippen molar-refractivity contribution in [3.8, 4) is 0 Å². The Hall–Kier alpha value is -2.66. The number of amides is 1. The van der Waals surface area contributed by atoms with Crippen LogP contribution in [0.25, 0.3) is 10.8 Å². The van der Waals surface area contributed by atoms with E-state index < -0.39 is 6.10 Å². The summed E-state index contributed by atoms with van der Waals surface area (Å²) >= 11 is 0. The average molecular weight is 309 g/mol. The second-order valence-corrected chi connectivity index (χ2v) is 5.63. The Bertz CT molecular complexity index is 826. The maximum atomic E-state index is 11.9. The normalized spacial score (nSPS) is 12.3. The predicted octanol–water partition coefficient (Wildman–Crippen LogP) is 1.97. The molecule has 5 nitrogen and oxygen atoms in total. The van der Waals surface area contributed by atoms with Crippen molar-refractivity contribution in [2.24, 2.45) is 7.05 Å². The van der Waals surface area contributed by atoms with Gasteiger partial charge < -0.3 is 10.4 Å². The Morgan fingerprint density at radius 2 is 2.04 bits per heavy atom. The van der Waals surface area contributed by atoms with Gasteiger partial charge in [-0.05, 0) is 28.0 Å². The van der Waals surface area contributed by atoms with Gasteiger partial charge >= 0.3 is 0 Å². The number of nitrogens with zero attached hydrogens (tertiary/aromatic N) is 2. The van der Waals surface area contributed by atoms with E-state index in [0.717, 1.165) is 21.9 Å². The summed E-state index contributed by atoms with van der Waals surface area (Å²) in [7, 11) is 1.81. The van der Waals surface area contributed by atoms with E-state index in [0.29, 0.717) is 0 Å². The molecule has 1 atom stereocenters. The van der Waals surface area contributed by atoms with Gasteiger partial charge in [-0.15, -0.1) is 0 Å². The SMILES string of the molecule is Cn1cc(CC(=O)NCC(O)c2ccc3ccccc3c2)cn1. The highest BCUT2D eigenvalue weighted by atomic mass is 16.3. The third-order valence-electron chi connectivity index (χ3n) is 3.77. The first-order chi connectivity index (χ1) is 11.1. The van der Waals surface area contributed by atoms with Crippen LogP contribution in [-0.4, -0.2) is 27.3 Å². The number of carbonyl (C=O) groups excluding carboxylic acids is 1. The lowest BCUT2D eigenvalue weighted by Crippen LogP contribution is -2.29. The molecule has 2 aromatic carbocycles. The van der Waals surface area contributed by atoms with E-state index in [1.54, 1.807) is 17.1 Å². The largest absolute Gasteiger partial charge is 0.387 e. The quantitative estimate of drug-likeness (QED) is 0.757. The predicted molar refractivity (Wildman–Crippen MR) is 88.8 cm³/mol. The Labute approximate surface area is 134 Å². The molecule has 0 fully saturated rings. The highest BCUT2D eigenvalue weighted by Gasteiger charge is 2.11. The van der Waals surface area contributed by atoms with E-state index in [9.17, 15) is 9.90 Å². The summed E-state index contributed by atoms with van der Waals surface area (Å²) in [5.74, 6) is -0.127. The molecule has 3 aromatic rings. The molecule has 3 rings (SSSR count). The third-order valence-corrected chi connectivity index (χ3v) is 3.77. The van der Waals surface area contributed by atoms with Gasteiger partial charge in [-0.2, -0.15) is 5.10 Å². The number of carbonyl (C=O) groups is 1. The smallest absolute Gasteiger partial charge is 0.224 e. The van der Waals surface area contributed by atoms with Gasteiger partial charge in [-0.3, -0.25) is 9.48 Å². The van der Waals surface area contributed by atoms with E-state index in [1.807, 2.05) is 49.5 Å². The van der Waals surface area contributed by atoms with Gasteiger partial charge in [-0.1, -0.05) is 36.4 Å². The average Bonchev–Trinajstić information content (AvgIpc) is 2.97. The number of aryl methyl sites for hydroxylation is 1. The summed E-state index contributed by atoms with van der Waals surface area (Å²) in [6.07, 6.45) is 3.01. The van der Waals surface area contributed by atoms with Crippen molar-refractivity contribution in [1.29, 1.82) is 0 Å². The number of aliphatic hydroxyl groups is 1. The molecule has 118 valence electrons. The summed E-state index contributed by atoms with van der Waals surface area (Å²) in [6.45, 7) is 0.192. The molecule has 1 heterocycles. The number of nitrogens with one attached hydrogen (secondary N) is 1. The van der Waals surface area contributed by atoms with Crippen LogP contribution in [0.3, 0.4) is 0 Å². The molecular weight excluding hydrogens is 290 g/mol. The molecule has 1 aromatic heterocycles. The van der Waals surface area contributed by atoms with Crippen LogP contribution in [0.4, 0.5) is 0 Å². The van der Waals surface area contributed by atoms with Crippen molar-refractivity contribution < 1.29 is 9.90 Å². The van der Waals surface area contributed by atoms with Crippen LogP contribution in [0.1, 0.15) is 17.2 Å². The van der Waals surface area contributed by atoms with Crippen molar-refractivity contribution in [2.75, 3.05) is 6.54 Å². The van der Waals surface area contributed by atoms with Gasteiger partial charge in [0.15, 0.2) is 0 Å². The van der Waals surface area contributed by atoms with E-state index in [2.05, 4.69) is 10.4 Å². The van der Waals surface area contributed by atoms with Crippen molar-refractivity contribution in [3.63, 3.8) is 0 Å². The summed E-state index contributed by atoms with van der Waals surface area (Å²) in [5.41, 5.74) is 1.65. The zero-order valence-corrected chi connectivity index (χ0v) is 12.9. The number of aliphatic hydroxyl groups excluding tert-OH is 1. The first kappa shape index (κ1) is 15.2. The minimum absolute atomic E-state index is 0.127. The number of benzene rings is 2. The maximum absolute atomic E-state index is 11.9. The fourth-order valence-electron chi connectivity index (χ4n) is 2.55. The van der Waals surface area contributed by atoms with Gasteiger partial charge in [0.05, 0.1) is 18.7 Å². The first-order valence-corrected chi connectivity index (χ1v) is 7.53. The van der Waals surface area contributed by atoms with Crippen LogP contribution < -0.4 is 5.32 Å². The maximum Gasteiger partial charge on any atom is 0.224 e. The van der Waals surface area contributed by atoms with Crippen LogP contribution in [-0.2, 0) is 18.3 Å². The molecule has 5 heteroatoms. The topological polar surface area (TPSA) is 67.2 Å². The molecule has 0 aliphatic heterocycles. The zero-order valence-electron chi connectivity index (χ0n) is 12.9. The molecule has 1 amide bonds. The first-order valence-electron chi connectivity index (χ1n) is 7.53. The Kier molecular flexibility index (Phi) is 4.39. The number of hydrogen-bond donors (Lipinski definition) is 2. The third kappa shape index (κ3) is 3.76. The molecule has 0 bridgehead atoms. The van der Waals surface area contributed by atoms with Gasteiger partial charge in [0.25, 0.3) is 0 Å². The highest BCUT2D eigenvalue weighted by Crippen LogP contribution is 2.20. The number of hydrogen-bond acceptors (Lipinski definition) is 3. The summed E-state index contributed by atoms with van der Waals surface area (Å²) in [5, 5.41) is 19.3. The molecule has 0 saturated heterocycles. The molecule has 0 aliphatic rings. The Morgan fingerprint density at radius 3 is 2.78 bits per heavy atom. The van der Waals surface area contributed by atoms with Crippen LogP contribution in [0.15, 0.2) is 54.9 Å². The lowest BCUT2D eigenvalue weighted by atomic mass is 10.0. The van der Waals surface area contributed by atoms with Crippen LogP contribution in [0, 0.1) is 0 Å². The number of rotatable bonds is 5. The Balaban J connectivity index is 1.59. The minimum atomic E-state index is -0.725. The number of fused-ring (bicyclic) bond motifs is 1. The van der Waals surface area contributed by atoms with Gasteiger partial charge in [0.2, 0.25) is 5.91 Å². The monoisotopic (exact) mass is 309 g/mol. The molecule has 23 heavy (non-hydrogen) atoms. The lowest BCUT2D eigenvalue weighted by Gasteiger charge is -2.13.